The second-order valence-electron chi connectivity index (χ2n) is 9.30. The molecular weight excluding hydrogens is 556 g/mol. The number of ether oxygens (including phenoxy) is 2. The lowest BCUT2D eigenvalue weighted by Gasteiger charge is -2.14. The van der Waals surface area contributed by atoms with Gasteiger partial charge in [-0.2, -0.15) is 5.10 Å². The number of hydrogen-bond acceptors (Lipinski definition) is 6. The molecule has 0 bridgehead atoms. The monoisotopic (exact) mass is 579 g/mol. The lowest BCUT2D eigenvalue weighted by molar-refractivity contribution is 0.102. The molecule has 6 rings (SSSR count). The quantitative estimate of drug-likeness (QED) is 0.228. The van der Waals surface area contributed by atoms with E-state index in [0.29, 0.717) is 17.0 Å². The fourth-order valence-corrected chi connectivity index (χ4v) is 4.64. The highest BCUT2D eigenvalue weighted by molar-refractivity contribution is 6.06. The van der Waals surface area contributed by atoms with E-state index in [1.165, 1.54) is 59.4 Å². The van der Waals surface area contributed by atoms with E-state index in [1.54, 1.807) is 36.1 Å². The molecule has 9 nitrogen and oxygen atoms in total. The highest BCUT2D eigenvalue weighted by atomic mass is 19.1. The summed E-state index contributed by atoms with van der Waals surface area (Å²) in [7, 11) is 0. The Morgan fingerprint density at radius 1 is 0.930 bits per heavy atom. The van der Waals surface area contributed by atoms with Crippen molar-refractivity contribution in [1.82, 2.24) is 19.2 Å². The first-order chi connectivity index (χ1) is 20.9. The van der Waals surface area contributed by atoms with Crippen molar-refractivity contribution in [3.05, 3.63) is 131 Å². The molecule has 4 heterocycles. The van der Waals surface area contributed by atoms with Gasteiger partial charge in [0, 0.05) is 59.4 Å². The van der Waals surface area contributed by atoms with Crippen molar-refractivity contribution in [3.8, 4) is 34.1 Å². The molecule has 0 aliphatic rings. The zero-order valence-electron chi connectivity index (χ0n) is 22.7. The molecule has 4 aromatic heterocycles. The minimum absolute atomic E-state index is 0.0575. The van der Waals surface area contributed by atoms with Crippen LogP contribution in [0, 0.1) is 11.6 Å². The van der Waals surface area contributed by atoms with Crippen molar-refractivity contribution in [2.75, 3.05) is 11.9 Å². The lowest BCUT2D eigenvalue weighted by atomic mass is 10.1. The molecule has 0 atom stereocenters. The van der Waals surface area contributed by atoms with Crippen molar-refractivity contribution in [3.63, 3.8) is 0 Å². The Morgan fingerprint density at radius 3 is 2.51 bits per heavy atom. The number of rotatable bonds is 8. The van der Waals surface area contributed by atoms with E-state index < -0.39 is 23.1 Å². The summed E-state index contributed by atoms with van der Waals surface area (Å²) in [5, 5.41) is 6.87. The molecule has 0 spiro atoms. The lowest BCUT2D eigenvalue weighted by Crippen LogP contribution is -2.29. The number of nitrogens with one attached hydrogen (secondary N) is 1. The number of amides is 1. The largest absolute Gasteiger partial charge is 0.493 e. The second-order valence-corrected chi connectivity index (χ2v) is 9.30. The van der Waals surface area contributed by atoms with E-state index in [4.69, 9.17) is 9.47 Å². The predicted octanol–water partition coefficient (Wildman–Crippen LogP) is 6.27. The number of pyridine rings is 2. The van der Waals surface area contributed by atoms with Crippen molar-refractivity contribution in [2.24, 2.45) is 0 Å². The van der Waals surface area contributed by atoms with Gasteiger partial charge in [-0.3, -0.25) is 19.1 Å². The minimum Gasteiger partial charge on any atom is -0.493 e. The molecule has 0 radical (unpaired) electrons. The Morgan fingerprint density at radius 2 is 1.77 bits per heavy atom. The van der Waals surface area contributed by atoms with Gasteiger partial charge in [0.25, 0.3) is 11.5 Å². The highest BCUT2D eigenvalue weighted by Crippen LogP contribution is 2.35. The number of fused-ring (bicyclic) bond motifs is 1. The van der Waals surface area contributed by atoms with Gasteiger partial charge < -0.3 is 14.8 Å². The van der Waals surface area contributed by atoms with Crippen LogP contribution >= 0.6 is 0 Å². The smallest absolute Gasteiger partial charge is 0.271 e. The van der Waals surface area contributed by atoms with E-state index in [1.807, 2.05) is 18.2 Å². The Kier molecular flexibility index (Phi) is 7.35. The van der Waals surface area contributed by atoms with Crippen LogP contribution in [0.15, 0.2) is 109 Å². The van der Waals surface area contributed by atoms with Gasteiger partial charge in [0.1, 0.15) is 22.6 Å². The van der Waals surface area contributed by atoms with Crippen LogP contribution in [-0.4, -0.2) is 31.7 Å². The SMILES string of the molecule is CCOc1ccn(-c2ccc(F)cc2)c(=O)c1C(=O)Nc1ccc(Oc2ccnn3ccc(-c4cccnc4)c23)c(F)c1. The van der Waals surface area contributed by atoms with Crippen molar-refractivity contribution >= 4 is 17.1 Å². The molecule has 214 valence electrons. The minimum atomic E-state index is -0.803. The van der Waals surface area contributed by atoms with Crippen LogP contribution in [0.2, 0.25) is 0 Å². The third-order valence-electron chi connectivity index (χ3n) is 6.58. The summed E-state index contributed by atoms with van der Waals surface area (Å²) in [6, 6.07) is 17.8. The van der Waals surface area contributed by atoms with E-state index in [0.717, 1.165) is 17.2 Å². The van der Waals surface area contributed by atoms with Crippen molar-refractivity contribution in [1.29, 1.82) is 0 Å². The van der Waals surface area contributed by atoms with Crippen LogP contribution in [0.25, 0.3) is 22.3 Å². The molecular formula is C32H23F2N5O4. The number of hydrogen-bond donors (Lipinski definition) is 1. The Balaban J connectivity index is 1.29. The second kappa shape index (κ2) is 11.6. The molecule has 0 aliphatic carbocycles. The third kappa shape index (κ3) is 5.43. The molecule has 1 amide bonds. The maximum absolute atomic E-state index is 15.3. The fraction of sp³-hybridized carbons (Fsp3) is 0.0625. The van der Waals surface area contributed by atoms with Gasteiger partial charge in [-0.15, -0.1) is 0 Å². The summed E-state index contributed by atoms with van der Waals surface area (Å²) in [6.45, 7) is 1.92. The van der Waals surface area contributed by atoms with Gasteiger partial charge in [-0.1, -0.05) is 6.07 Å². The summed E-state index contributed by atoms with van der Waals surface area (Å²) >= 11 is 0. The van der Waals surface area contributed by atoms with Crippen LogP contribution in [0.5, 0.6) is 17.2 Å². The average molecular weight is 580 g/mol. The van der Waals surface area contributed by atoms with Crippen LogP contribution in [-0.2, 0) is 0 Å². The zero-order chi connectivity index (χ0) is 29.9. The van der Waals surface area contributed by atoms with E-state index >= 15 is 4.39 Å². The maximum atomic E-state index is 15.3. The first kappa shape index (κ1) is 27.3. The topological polar surface area (TPSA) is 99.8 Å². The number of carbonyl (C=O) groups excluding carboxylic acids is 1. The number of aromatic nitrogens is 4. The predicted molar refractivity (Wildman–Crippen MR) is 156 cm³/mol. The normalized spacial score (nSPS) is 11.0. The zero-order valence-corrected chi connectivity index (χ0v) is 22.7. The Labute approximate surface area is 243 Å². The van der Waals surface area contributed by atoms with E-state index in [2.05, 4.69) is 15.4 Å². The first-order valence-electron chi connectivity index (χ1n) is 13.2. The van der Waals surface area contributed by atoms with Gasteiger partial charge in [-0.05, 0) is 61.5 Å². The number of carbonyl (C=O) groups is 1. The molecule has 0 saturated carbocycles. The number of anilines is 1. The van der Waals surface area contributed by atoms with Gasteiger partial charge in [-0.25, -0.2) is 13.3 Å². The van der Waals surface area contributed by atoms with Gasteiger partial charge in [0.05, 0.1) is 12.8 Å². The molecule has 2 aromatic carbocycles. The molecule has 43 heavy (non-hydrogen) atoms. The average Bonchev–Trinajstić information content (AvgIpc) is 3.45. The highest BCUT2D eigenvalue weighted by Gasteiger charge is 2.21. The number of nitrogens with zero attached hydrogens (tertiary/aromatic N) is 4. The van der Waals surface area contributed by atoms with Crippen LogP contribution in [0.4, 0.5) is 14.5 Å². The maximum Gasteiger partial charge on any atom is 0.271 e. The standard InChI is InChI=1S/C32H23F2N5O4/c1-2-42-27-13-16-38(23-8-5-21(33)6-9-23)32(41)29(27)31(40)37-22-7-10-26(25(34)18-22)43-28-11-15-36-39-17-12-24(30(28)39)20-4-3-14-35-19-20/h3-19H,2H2,1H3,(H,37,40). The van der Waals surface area contributed by atoms with Crippen molar-refractivity contribution < 1.29 is 23.0 Å². The molecule has 0 aliphatic heterocycles. The van der Waals surface area contributed by atoms with Gasteiger partial charge >= 0.3 is 0 Å². The van der Waals surface area contributed by atoms with E-state index in [-0.39, 0.29) is 29.4 Å². The number of benzene rings is 2. The molecule has 6 aromatic rings. The Bertz CT molecular complexity index is 2010. The van der Waals surface area contributed by atoms with Gasteiger partial charge in [0.2, 0.25) is 0 Å². The summed E-state index contributed by atoms with van der Waals surface area (Å²) in [5.74, 6) is -1.68. The fourth-order valence-electron chi connectivity index (χ4n) is 4.64. The Hall–Kier alpha value is -5.84. The third-order valence-corrected chi connectivity index (χ3v) is 6.58. The van der Waals surface area contributed by atoms with Crippen molar-refractivity contribution in [2.45, 2.75) is 6.92 Å². The molecule has 0 saturated heterocycles. The molecule has 0 unspecified atom stereocenters. The summed E-state index contributed by atoms with van der Waals surface area (Å²) in [5.41, 5.74) is 1.74. The molecule has 11 heteroatoms. The van der Waals surface area contributed by atoms with Gasteiger partial charge in [0.15, 0.2) is 17.3 Å². The van der Waals surface area contributed by atoms with E-state index in [9.17, 15) is 14.0 Å². The molecule has 0 fully saturated rings. The summed E-state index contributed by atoms with van der Waals surface area (Å²) in [6.07, 6.45) is 8.12. The van der Waals surface area contributed by atoms with Crippen LogP contribution in [0.1, 0.15) is 17.3 Å². The molecule has 1 N–H and O–H groups in total. The van der Waals surface area contributed by atoms with Crippen LogP contribution in [0.3, 0.4) is 0 Å². The number of halogens is 2. The summed E-state index contributed by atoms with van der Waals surface area (Å²) < 4.78 is 43.0. The summed E-state index contributed by atoms with van der Waals surface area (Å²) in [4.78, 5) is 30.8. The van der Waals surface area contributed by atoms with Crippen LogP contribution < -0.4 is 20.3 Å². The first-order valence-corrected chi connectivity index (χ1v) is 13.2.